The molecule has 1 aromatic carbocycles. The van der Waals surface area contributed by atoms with Crippen LogP contribution in [0.15, 0.2) is 22.6 Å². The van der Waals surface area contributed by atoms with Gasteiger partial charge < -0.3 is 4.42 Å². The first-order valence-corrected chi connectivity index (χ1v) is 8.23. The van der Waals surface area contributed by atoms with Crippen molar-refractivity contribution >= 4 is 33.0 Å². The molecule has 0 amide bonds. The van der Waals surface area contributed by atoms with Crippen molar-refractivity contribution in [1.29, 1.82) is 0 Å². The van der Waals surface area contributed by atoms with Crippen molar-refractivity contribution in [3.8, 4) is 0 Å². The van der Waals surface area contributed by atoms with Crippen LogP contribution in [0.5, 0.6) is 0 Å². The average molecular weight is 335 g/mol. The first-order valence-electron chi connectivity index (χ1n) is 5.75. The molecule has 2 rings (SSSR count). The summed E-state index contributed by atoms with van der Waals surface area (Å²) < 4.78 is 29.9. The molecule has 0 fully saturated rings. The van der Waals surface area contributed by atoms with Crippen LogP contribution in [0.2, 0.25) is 10.0 Å². The fourth-order valence-corrected chi connectivity index (χ4v) is 3.68. The Morgan fingerprint density at radius 2 is 1.85 bits per heavy atom. The van der Waals surface area contributed by atoms with Gasteiger partial charge in [0.2, 0.25) is 11.8 Å². The molecule has 0 aliphatic carbocycles. The summed E-state index contributed by atoms with van der Waals surface area (Å²) in [6.45, 7) is 3.09. The van der Waals surface area contributed by atoms with Crippen molar-refractivity contribution in [3.05, 3.63) is 45.6 Å². The topological polar surface area (TPSA) is 73.1 Å². The van der Waals surface area contributed by atoms with Crippen LogP contribution in [0.3, 0.4) is 0 Å². The number of hydrogen-bond donors (Lipinski definition) is 0. The van der Waals surface area contributed by atoms with Gasteiger partial charge in [-0.15, -0.1) is 10.2 Å². The van der Waals surface area contributed by atoms with E-state index in [2.05, 4.69) is 10.2 Å². The summed E-state index contributed by atoms with van der Waals surface area (Å²) >= 11 is 12.0. The zero-order chi connectivity index (χ0) is 14.9. The molecule has 8 heteroatoms. The second-order valence-electron chi connectivity index (χ2n) is 4.31. The lowest BCUT2D eigenvalue weighted by atomic mass is 10.2. The van der Waals surface area contributed by atoms with E-state index >= 15 is 0 Å². The Hall–Kier alpha value is -1.11. The normalized spacial score (nSPS) is 13.4. The van der Waals surface area contributed by atoms with Crippen molar-refractivity contribution in [3.63, 3.8) is 0 Å². The first-order chi connectivity index (χ1) is 9.31. The van der Waals surface area contributed by atoms with Gasteiger partial charge >= 0.3 is 0 Å². The Balaban J connectivity index is 2.32. The van der Waals surface area contributed by atoms with Crippen molar-refractivity contribution in [2.75, 3.05) is 0 Å². The van der Waals surface area contributed by atoms with Crippen LogP contribution in [0.4, 0.5) is 0 Å². The van der Waals surface area contributed by atoms with Crippen molar-refractivity contribution < 1.29 is 12.8 Å². The van der Waals surface area contributed by atoms with Crippen LogP contribution >= 0.6 is 23.2 Å². The Bertz CT molecular complexity index is 708. The average Bonchev–Trinajstić information content (AvgIpc) is 2.80. The number of sulfone groups is 1. The molecule has 0 spiro atoms. The van der Waals surface area contributed by atoms with E-state index in [4.69, 9.17) is 27.6 Å². The molecule has 5 nitrogen and oxygen atoms in total. The summed E-state index contributed by atoms with van der Waals surface area (Å²) in [5.41, 5.74) is 0.374. The fraction of sp³-hybridized carbons (Fsp3) is 0.333. The quantitative estimate of drug-likeness (QED) is 0.856. The molecular weight excluding hydrogens is 323 g/mol. The zero-order valence-electron chi connectivity index (χ0n) is 10.8. The van der Waals surface area contributed by atoms with Gasteiger partial charge in [0.05, 0.1) is 5.75 Å². The fourth-order valence-electron chi connectivity index (χ4n) is 1.63. The summed E-state index contributed by atoms with van der Waals surface area (Å²) in [7, 11) is -3.56. The monoisotopic (exact) mass is 334 g/mol. The van der Waals surface area contributed by atoms with Gasteiger partial charge in [-0.2, -0.15) is 0 Å². The second kappa shape index (κ2) is 5.71. The van der Waals surface area contributed by atoms with Gasteiger partial charge in [0.25, 0.3) is 0 Å². The Kier molecular flexibility index (Phi) is 4.36. The van der Waals surface area contributed by atoms with Crippen molar-refractivity contribution in [2.45, 2.75) is 24.9 Å². The number of benzene rings is 1. The Morgan fingerprint density at radius 3 is 2.35 bits per heavy atom. The molecule has 0 saturated heterocycles. The lowest BCUT2D eigenvalue weighted by molar-refractivity contribution is 0.461. The highest BCUT2D eigenvalue weighted by atomic mass is 35.5. The third-order valence-corrected chi connectivity index (χ3v) is 5.51. The number of rotatable bonds is 4. The van der Waals surface area contributed by atoms with E-state index in [0.29, 0.717) is 21.5 Å². The summed E-state index contributed by atoms with van der Waals surface area (Å²) in [6.07, 6.45) is 0. The van der Waals surface area contributed by atoms with Gasteiger partial charge in [0.1, 0.15) is 5.25 Å². The van der Waals surface area contributed by atoms with Crippen molar-refractivity contribution in [2.24, 2.45) is 0 Å². The number of aromatic nitrogens is 2. The standard InChI is InChI=1S/C12H12Cl2N2O3S/c1-7(12-16-15-8(2)19-12)20(17,18)6-9-10(13)4-3-5-11(9)14/h3-5,7H,6H2,1-2H3/t7-/m0/s1. The van der Waals surface area contributed by atoms with Gasteiger partial charge in [-0.1, -0.05) is 29.3 Å². The molecule has 0 saturated carbocycles. The molecular formula is C12H12Cl2N2O3S. The van der Waals surface area contributed by atoms with E-state index < -0.39 is 15.1 Å². The van der Waals surface area contributed by atoms with Crippen LogP contribution in [0, 0.1) is 6.92 Å². The van der Waals surface area contributed by atoms with Crippen LogP contribution in [0.1, 0.15) is 29.5 Å². The Labute approximate surface area is 126 Å². The highest BCUT2D eigenvalue weighted by Gasteiger charge is 2.29. The van der Waals surface area contributed by atoms with Gasteiger partial charge in [-0.3, -0.25) is 0 Å². The summed E-state index contributed by atoms with van der Waals surface area (Å²) in [6, 6.07) is 4.85. The SMILES string of the molecule is Cc1nnc([C@H](C)S(=O)(=O)Cc2c(Cl)cccc2Cl)o1. The van der Waals surface area contributed by atoms with Crippen LogP contribution in [-0.4, -0.2) is 18.6 Å². The lowest BCUT2D eigenvalue weighted by Crippen LogP contribution is -2.14. The highest BCUT2D eigenvalue weighted by molar-refractivity contribution is 7.90. The van der Waals surface area contributed by atoms with Gasteiger partial charge in [0.15, 0.2) is 9.84 Å². The molecule has 0 bridgehead atoms. The van der Waals surface area contributed by atoms with Crippen LogP contribution < -0.4 is 0 Å². The number of aryl methyl sites for hydroxylation is 1. The molecule has 1 atom stereocenters. The molecule has 0 radical (unpaired) electrons. The Morgan fingerprint density at radius 1 is 1.25 bits per heavy atom. The van der Waals surface area contributed by atoms with E-state index in [1.165, 1.54) is 6.92 Å². The lowest BCUT2D eigenvalue weighted by Gasteiger charge is -2.11. The minimum atomic E-state index is -3.56. The third-order valence-electron chi connectivity index (χ3n) is 2.84. The molecule has 0 N–H and O–H groups in total. The summed E-state index contributed by atoms with van der Waals surface area (Å²) in [4.78, 5) is 0. The van der Waals surface area contributed by atoms with Crippen LogP contribution in [0.25, 0.3) is 0 Å². The molecule has 108 valence electrons. The first kappa shape index (κ1) is 15.3. The smallest absolute Gasteiger partial charge is 0.234 e. The van der Waals surface area contributed by atoms with E-state index in [-0.39, 0.29) is 11.6 Å². The van der Waals surface area contributed by atoms with E-state index in [0.717, 1.165) is 0 Å². The molecule has 1 aromatic heterocycles. The summed E-state index contributed by atoms with van der Waals surface area (Å²) in [5.74, 6) is 0.0946. The molecule has 0 aliphatic heterocycles. The molecule has 20 heavy (non-hydrogen) atoms. The highest BCUT2D eigenvalue weighted by Crippen LogP contribution is 2.30. The number of nitrogens with zero attached hydrogens (tertiary/aromatic N) is 2. The predicted molar refractivity (Wildman–Crippen MR) is 76.5 cm³/mol. The summed E-state index contributed by atoms with van der Waals surface area (Å²) in [5, 5.41) is 7.08. The van der Waals surface area contributed by atoms with Gasteiger partial charge in [-0.05, 0) is 19.1 Å². The van der Waals surface area contributed by atoms with Gasteiger partial charge in [0, 0.05) is 22.5 Å². The zero-order valence-corrected chi connectivity index (χ0v) is 13.1. The molecule has 0 unspecified atom stereocenters. The van der Waals surface area contributed by atoms with Gasteiger partial charge in [-0.25, -0.2) is 8.42 Å². The molecule has 2 aromatic rings. The largest absolute Gasteiger partial charge is 0.424 e. The predicted octanol–water partition coefficient (Wildman–Crippen LogP) is 3.36. The molecule has 0 aliphatic rings. The minimum absolute atomic E-state index is 0.0608. The van der Waals surface area contributed by atoms with E-state index in [1.54, 1.807) is 25.1 Å². The maximum absolute atomic E-state index is 12.4. The van der Waals surface area contributed by atoms with E-state index in [9.17, 15) is 8.42 Å². The number of halogens is 2. The maximum Gasteiger partial charge on any atom is 0.234 e. The minimum Gasteiger partial charge on any atom is -0.424 e. The maximum atomic E-state index is 12.4. The van der Waals surface area contributed by atoms with Crippen molar-refractivity contribution in [1.82, 2.24) is 10.2 Å². The van der Waals surface area contributed by atoms with E-state index in [1.807, 2.05) is 0 Å². The second-order valence-corrected chi connectivity index (χ2v) is 7.44. The number of hydrogen-bond acceptors (Lipinski definition) is 5. The molecule has 1 heterocycles. The van der Waals surface area contributed by atoms with Crippen LogP contribution in [-0.2, 0) is 15.6 Å². The third kappa shape index (κ3) is 3.13.